The monoisotopic (exact) mass is 544 g/mol. The Bertz CT molecular complexity index is 1660. The summed E-state index contributed by atoms with van der Waals surface area (Å²) in [6.45, 7) is 2.18. The highest BCUT2D eigenvalue weighted by atomic mass is 32.2. The summed E-state index contributed by atoms with van der Waals surface area (Å²) in [7, 11) is 1.64. The molecule has 1 aliphatic heterocycles. The minimum atomic E-state index is 0.188. The quantitative estimate of drug-likeness (QED) is 0.201. The van der Waals surface area contributed by atoms with Gasteiger partial charge in [-0.15, -0.1) is 15.0 Å². The predicted octanol–water partition coefficient (Wildman–Crippen LogP) is 7.67. The van der Waals surface area contributed by atoms with Crippen LogP contribution in [-0.2, 0) is 0 Å². The van der Waals surface area contributed by atoms with Crippen molar-refractivity contribution in [3.63, 3.8) is 0 Å². The number of methoxy groups -OCH3 is 1. The maximum atomic E-state index is 5.22. The van der Waals surface area contributed by atoms with Crippen LogP contribution in [0, 0.1) is 0 Å². The fourth-order valence-corrected chi connectivity index (χ4v) is 5.55. The first kappa shape index (κ1) is 25.5. The van der Waals surface area contributed by atoms with Gasteiger partial charge in [0.25, 0.3) is 0 Å². The molecule has 8 heteroatoms. The zero-order valence-corrected chi connectivity index (χ0v) is 23.0. The van der Waals surface area contributed by atoms with E-state index in [4.69, 9.17) is 4.74 Å². The standard InChI is InChI=1S/C32H28N6OS/c1-23(24-10-4-3-5-11-24)33-25-15-20-31-29(22-25)37(28-12-6-7-13-30(28)40-31)21-9-8-14-32-34-36-38(35-32)26-16-18-27(39-2)19-17-26/h3-23,33H,1-2H3/b14-8+,21-9+/t23-/m1/s1. The number of anilines is 3. The first-order chi connectivity index (χ1) is 19.7. The molecule has 1 aliphatic rings. The molecule has 0 saturated heterocycles. The van der Waals surface area contributed by atoms with E-state index >= 15 is 0 Å². The van der Waals surface area contributed by atoms with Crippen LogP contribution < -0.4 is 15.0 Å². The van der Waals surface area contributed by atoms with Crippen LogP contribution in [-0.4, -0.2) is 27.3 Å². The molecule has 0 radical (unpaired) electrons. The number of ether oxygens (including phenoxy) is 1. The summed E-state index contributed by atoms with van der Waals surface area (Å²) in [5, 5.41) is 16.4. The van der Waals surface area contributed by atoms with E-state index in [1.54, 1.807) is 18.9 Å². The molecule has 0 aliphatic carbocycles. The maximum absolute atomic E-state index is 5.22. The lowest BCUT2D eigenvalue weighted by atomic mass is 10.1. The first-order valence-corrected chi connectivity index (χ1v) is 13.8. The highest BCUT2D eigenvalue weighted by Gasteiger charge is 2.22. The number of fused-ring (bicyclic) bond motifs is 2. The van der Waals surface area contributed by atoms with Gasteiger partial charge in [-0.25, -0.2) is 0 Å². The number of nitrogens with one attached hydrogen (secondary N) is 1. The van der Waals surface area contributed by atoms with Gasteiger partial charge in [0.15, 0.2) is 5.82 Å². The number of hydrogen-bond donors (Lipinski definition) is 1. The van der Waals surface area contributed by atoms with Crippen LogP contribution in [0.3, 0.4) is 0 Å². The second-order valence-corrected chi connectivity index (χ2v) is 10.3. The zero-order valence-electron chi connectivity index (χ0n) is 22.2. The van der Waals surface area contributed by atoms with Gasteiger partial charge in [0.05, 0.1) is 24.2 Å². The summed E-state index contributed by atoms with van der Waals surface area (Å²) in [5.74, 6) is 1.30. The molecular weight excluding hydrogens is 516 g/mol. The molecule has 0 unspecified atom stereocenters. The summed E-state index contributed by atoms with van der Waals surface area (Å²) >= 11 is 1.79. The lowest BCUT2D eigenvalue weighted by Gasteiger charge is -2.30. The summed E-state index contributed by atoms with van der Waals surface area (Å²) in [6.07, 6.45) is 7.84. The average molecular weight is 545 g/mol. The molecule has 2 heterocycles. The molecular formula is C32H28N6OS. The molecule has 0 bridgehead atoms. The van der Waals surface area contributed by atoms with Crippen molar-refractivity contribution in [2.75, 3.05) is 17.3 Å². The van der Waals surface area contributed by atoms with E-state index < -0.39 is 0 Å². The molecule has 1 aromatic heterocycles. The van der Waals surface area contributed by atoms with Gasteiger partial charge >= 0.3 is 0 Å². The van der Waals surface area contributed by atoms with E-state index in [1.807, 2.05) is 48.6 Å². The van der Waals surface area contributed by atoms with Crippen LogP contribution in [0.4, 0.5) is 17.1 Å². The molecule has 0 spiro atoms. The van der Waals surface area contributed by atoms with Crippen molar-refractivity contribution in [3.8, 4) is 11.4 Å². The Kier molecular flexibility index (Phi) is 7.32. The van der Waals surface area contributed by atoms with Gasteiger partial charge in [0.2, 0.25) is 0 Å². The number of tetrazole rings is 1. The van der Waals surface area contributed by atoms with Gasteiger partial charge in [0, 0.05) is 27.7 Å². The second kappa shape index (κ2) is 11.5. The molecule has 0 fully saturated rings. The Morgan fingerprint density at radius 1 is 0.850 bits per heavy atom. The van der Waals surface area contributed by atoms with Gasteiger partial charge in [-0.1, -0.05) is 60.3 Å². The van der Waals surface area contributed by atoms with Crippen LogP contribution >= 0.6 is 11.8 Å². The third-order valence-electron chi connectivity index (χ3n) is 6.57. The minimum Gasteiger partial charge on any atom is -0.497 e. The number of allylic oxidation sites excluding steroid dienone is 2. The molecule has 5 aromatic rings. The highest BCUT2D eigenvalue weighted by molar-refractivity contribution is 7.99. The van der Waals surface area contributed by atoms with E-state index in [0.717, 1.165) is 28.5 Å². The van der Waals surface area contributed by atoms with Gasteiger partial charge in [-0.05, 0) is 84.4 Å². The van der Waals surface area contributed by atoms with Crippen LogP contribution in [0.15, 0.2) is 125 Å². The molecule has 198 valence electrons. The summed E-state index contributed by atoms with van der Waals surface area (Å²) in [6, 6.07) is 33.2. The van der Waals surface area contributed by atoms with Gasteiger partial charge in [0.1, 0.15) is 5.75 Å². The van der Waals surface area contributed by atoms with E-state index in [1.165, 1.54) is 20.2 Å². The van der Waals surface area contributed by atoms with Crippen molar-refractivity contribution >= 4 is 34.9 Å². The Morgan fingerprint density at radius 3 is 2.45 bits per heavy atom. The van der Waals surface area contributed by atoms with Crippen LogP contribution in [0.5, 0.6) is 5.75 Å². The predicted molar refractivity (Wildman–Crippen MR) is 162 cm³/mol. The highest BCUT2D eigenvalue weighted by Crippen LogP contribution is 2.49. The normalized spacial score (nSPS) is 13.3. The molecule has 1 N–H and O–H groups in total. The number of nitrogens with zero attached hydrogens (tertiary/aromatic N) is 5. The molecule has 4 aromatic carbocycles. The number of rotatable bonds is 8. The zero-order chi connectivity index (χ0) is 27.3. The van der Waals surface area contributed by atoms with Crippen molar-refractivity contribution in [1.82, 2.24) is 20.2 Å². The van der Waals surface area contributed by atoms with Crippen molar-refractivity contribution in [1.29, 1.82) is 0 Å². The Labute approximate surface area is 237 Å². The van der Waals surface area contributed by atoms with Gasteiger partial charge < -0.3 is 15.0 Å². The third-order valence-corrected chi connectivity index (χ3v) is 7.70. The largest absolute Gasteiger partial charge is 0.497 e. The minimum absolute atomic E-state index is 0.188. The SMILES string of the molecule is COc1ccc(-n2nnc(/C=C/C=C/N3c4ccccc4Sc4ccc(N[C@H](C)c5ccccc5)cc43)n2)cc1. The van der Waals surface area contributed by atoms with Crippen molar-refractivity contribution in [2.24, 2.45) is 0 Å². The number of benzene rings is 4. The fraction of sp³-hybridized carbons (Fsp3) is 0.0938. The van der Waals surface area contributed by atoms with E-state index in [-0.39, 0.29) is 6.04 Å². The van der Waals surface area contributed by atoms with Crippen LogP contribution in [0.25, 0.3) is 11.8 Å². The van der Waals surface area contributed by atoms with Gasteiger partial charge in [-0.3, -0.25) is 0 Å². The number of hydrogen-bond acceptors (Lipinski definition) is 7. The van der Waals surface area contributed by atoms with E-state index in [9.17, 15) is 0 Å². The Morgan fingerprint density at radius 2 is 1.62 bits per heavy atom. The lowest BCUT2D eigenvalue weighted by molar-refractivity contribution is 0.414. The van der Waals surface area contributed by atoms with E-state index in [0.29, 0.717) is 5.82 Å². The fourth-order valence-electron chi connectivity index (χ4n) is 4.50. The molecule has 6 rings (SSSR count). The molecule has 7 nitrogen and oxygen atoms in total. The smallest absolute Gasteiger partial charge is 0.198 e. The maximum Gasteiger partial charge on any atom is 0.198 e. The van der Waals surface area contributed by atoms with Crippen LogP contribution in [0.1, 0.15) is 24.4 Å². The topological polar surface area (TPSA) is 68.1 Å². The molecule has 40 heavy (non-hydrogen) atoms. The average Bonchev–Trinajstić information content (AvgIpc) is 3.48. The summed E-state index contributed by atoms with van der Waals surface area (Å²) in [4.78, 5) is 6.15. The number of para-hydroxylation sites is 1. The number of aromatic nitrogens is 4. The summed E-state index contributed by atoms with van der Waals surface area (Å²) in [5.41, 5.74) is 5.40. The Hall–Kier alpha value is -4.82. The summed E-state index contributed by atoms with van der Waals surface area (Å²) < 4.78 is 5.22. The third kappa shape index (κ3) is 5.48. The molecule has 1 atom stereocenters. The second-order valence-electron chi connectivity index (χ2n) is 9.23. The van der Waals surface area contributed by atoms with E-state index in [2.05, 4.69) is 105 Å². The van der Waals surface area contributed by atoms with Gasteiger partial charge in [-0.2, -0.15) is 0 Å². The molecule has 0 saturated carbocycles. The Balaban J connectivity index is 1.23. The van der Waals surface area contributed by atoms with Crippen LogP contribution in [0.2, 0.25) is 0 Å². The molecule has 0 amide bonds. The lowest BCUT2D eigenvalue weighted by Crippen LogP contribution is -2.14. The van der Waals surface area contributed by atoms with Crippen molar-refractivity contribution < 1.29 is 4.74 Å². The first-order valence-electron chi connectivity index (χ1n) is 13.0. The van der Waals surface area contributed by atoms with Crippen molar-refractivity contribution in [3.05, 3.63) is 127 Å². The van der Waals surface area contributed by atoms with Crippen molar-refractivity contribution in [2.45, 2.75) is 22.8 Å².